The molecule has 0 aromatic carbocycles. The average molecular weight is 235 g/mol. The zero-order valence-electron chi connectivity index (χ0n) is 10.8. The molecule has 2 rings (SSSR count). The molecular weight excluding hydrogens is 214 g/mol. The first kappa shape index (κ1) is 12.3. The molecule has 1 aliphatic carbocycles. The van der Waals surface area contributed by atoms with Crippen LogP contribution in [0.4, 0.5) is 5.82 Å². The summed E-state index contributed by atoms with van der Waals surface area (Å²) in [7, 11) is 1.93. The van der Waals surface area contributed by atoms with Crippen LogP contribution in [0.2, 0.25) is 0 Å². The van der Waals surface area contributed by atoms with E-state index < -0.39 is 0 Å². The molecule has 0 spiro atoms. The second-order valence-corrected chi connectivity index (χ2v) is 4.32. The van der Waals surface area contributed by atoms with Crippen LogP contribution >= 0.6 is 0 Å². The van der Waals surface area contributed by atoms with Crippen LogP contribution < -0.4 is 5.32 Å². The van der Waals surface area contributed by atoms with Crippen molar-refractivity contribution in [1.82, 2.24) is 9.97 Å². The van der Waals surface area contributed by atoms with Gasteiger partial charge in [0.15, 0.2) is 0 Å². The molecule has 4 heteroatoms. The van der Waals surface area contributed by atoms with E-state index in [0.29, 0.717) is 6.61 Å². The fourth-order valence-electron chi connectivity index (χ4n) is 2.27. The Morgan fingerprint density at radius 3 is 2.82 bits per heavy atom. The van der Waals surface area contributed by atoms with Crippen molar-refractivity contribution >= 4 is 5.82 Å². The number of hydrogen-bond donors (Lipinski definition) is 1. The van der Waals surface area contributed by atoms with Gasteiger partial charge in [-0.2, -0.15) is 0 Å². The maximum Gasteiger partial charge on any atom is 0.133 e. The lowest BCUT2D eigenvalue weighted by atomic mass is 9.96. The number of rotatable bonds is 5. The first-order chi connectivity index (χ1) is 8.35. The Morgan fingerprint density at radius 1 is 1.24 bits per heavy atom. The van der Waals surface area contributed by atoms with Gasteiger partial charge in [0.05, 0.1) is 6.61 Å². The summed E-state index contributed by atoms with van der Waals surface area (Å²) >= 11 is 0. The summed E-state index contributed by atoms with van der Waals surface area (Å²) in [5.41, 5.74) is 2.56. The van der Waals surface area contributed by atoms with Gasteiger partial charge in [0.1, 0.15) is 11.6 Å². The van der Waals surface area contributed by atoms with Gasteiger partial charge in [-0.3, -0.25) is 0 Å². The Bertz CT molecular complexity index is 362. The lowest BCUT2D eigenvalue weighted by molar-refractivity contribution is 0.149. The molecule has 0 radical (unpaired) electrons. The molecule has 0 saturated carbocycles. The summed E-state index contributed by atoms with van der Waals surface area (Å²) in [6.07, 6.45) is 5.50. The maximum atomic E-state index is 5.35. The molecule has 0 amide bonds. The number of nitrogens with one attached hydrogen (secondary N) is 1. The monoisotopic (exact) mass is 235 g/mol. The first-order valence-electron chi connectivity index (χ1n) is 6.49. The van der Waals surface area contributed by atoms with E-state index >= 15 is 0 Å². The Labute approximate surface area is 103 Å². The third kappa shape index (κ3) is 2.94. The molecule has 0 saturated heterocycles. The average Bonchev–Trinajstić information content (AvgIpc) is 2.38. The maximum absolute atomic E-state index is 5.35. The number of fused-ring (bicyclic) bond motifs is 1. The summed E-state index contributed by atoms with van der Waals surface area (Å²) in [5.74, 6) is 1.92. The highest BCUT2D eigenvalue weighted by Gasteiger charge is 2.16. The van der Waals surface area contributed by atoms with Crippen LogP contribution in [0.15, 0.2) is 0 Å². The Kier molecular flexibility index (Phi) is 4.31. The van der Waals surface area contributed by atoms with Crippen LogP contribution in [0.3, 0.4) is 0 Å². The number of nitrogens with zero attached hydrogens (tertiary/aromatic N) is 2. The Balaban J connectivity index is 2.17. The number of hydrogen-bond acceptors (Lipinski definition) is 4. The highest BCUT2D eigenvalue weighted by Crippen LogP contribution is 2.25. The van der Waals surface area contributed by atoms with Gasteiger partial charge in [0, 0.05) is 31.3 Å². The Morgan fingerprint density at radius 2 is 2.06 bits per heavy atom. The van der Waals surface area contributed by atoms with Crippen molar-refractivity contribution < 1.29 is 4.74 Å². The smallest absolute Gasteiger partial charge is 0.133 e. The molecule has 1 aliphatic rings. The minimum Gasteiger partial charge on any atom is -0.381 e. The van der Waals surface area contributed by atoms with Crippen LogP contribution in [0.25, 0.3) is 0 Å². The van der Waals surface area contributed by atoms with E-state index in [9.17, 15) is 0 Å². The minimum absolute atomic E-state index is 0.707. The molecule has 4 nitrogen and oxygen atoms in total. The van der Waals surface area contributed by atoms with Gasteiger partial charge in [-0.05, 0) is 32.6 Å². The SMILES string of the molecule is CCOCCc1nc2c(c(NC)n1)CCCC2. The molecule has 0 aliphatic heterocycles. The summed E-state index contributed by atoms with van der Waals surface area (Å²) in [5, 5.41) is 3.19. The molecule has 0 fully saturated rings. The van der Waals surface area contributed by atoms with E-state index in [0.717, 1.165) is 37.5 Å². The molecular formula is C13H21N3O. The summed E-state index contributed by atoms with van der Waals surface area (Å²) < 4.78 is 5.35. The van der Waals surface area contributed by atoms with Gasteiger partial charge >= 0.3 is 0 Å². The van der Waals surface area contributed by atoms with Gasteiger partial charge in [0.25, 0.3) is 0 Å². The first-order valence-corrected chi connectivity index (χ1v) is 6.49. The van der Waals surface area contributed by atoms with E-state index in [4.69, 9.17) is 4.74 Å². The van der Waals surface area contributed by atoms with E-state index in [2.05, 4.69) is 15.3 Å². The lowest BCUT2D eigenvalue weighted by Gasteiger charge is -2.18. The molecule has 0 unspecified atom stereocenters. The van der Waals surface area contributed by atoms with Crippen molar-refractivity contribution in [3.8, 4) is 0 Å². The second kappa shape index (κ2) is 5.96. The lowest BCUT2D eigenvalue weighted by Crippen LogP contribution is -2.14. The topological polar surface area (TPSA) is 47.0 Å². The number of anilines is 1. The van der Waals surface area contributed by atoms with Crippen LogP contribution in [0.1, 0.15) is 36.8 Å². The van der Waals surface area contributed by atoms with Crippen LogP contribution in [0.5, 0.6) is 0 Å². The van der Waals surface area contributed by atoms with Crippen LogP contribution in [-0.4, -0.2) is 30.2 Å². The van der Waals surface area contributed by atoms with E-state index in [1.807, 2.05) is 14.0 Å². The fraction of sp³-hybridized carbons (Fsp3) is 0.692. The molecule has 1 N–H and O–H groups in total. The molecule has 0 bridgehead atoms. The number of aryl methyl sites for hydroxylation is 1. The quantitative estimate of drug-likeness (QED) is 0.793. The highest BCUT2D eigenvalue weighted by molar-refractivity contribution is 5.47. The van der Waals surface area contributed by atoms with Crippen molar-refractivity contribution in [2.24, 2.45) is 0 Å². The molecule has 1 aromatic heterocycles. The van der Waals surface area contributed by atoms with Gasteiger partial charge in [-0.25, -0.2) is 9.97 Å². The van der Waals surface area contributed by atoms with Crippen molar-refractivity contribution in [3.63, 3.8) is 0 Å². The molecule has 1 heterocycles. The molecule has 17 heavy (non-hydrogen) atoms. The normalized spacial score (nSPS) is 14.5. The van der Waals surface area contributed by atoms with Crippen LogP contribution in [-0.2, 0) is 24.0 Å². The van der Waals surface area contributed by atoms with Crippen molar-refractivity contribution in [2.75, 3.05) is 25.6 Å². The third-order valence-corrected chi connectivity index (χ3v) is 3.14. The zero-order valence-corrected chi connectivity index (χ0v) is 10.8. The summed E-state index contributed by atoms with van der Waals surface area (Å²) in [6.45, 7) is 3.47. The molecule has 94 valence electrons. The molecule has 1 aromatic rings. The van der Waals surface area contributed by atoms with Crippen molar-refractivity contribution in [1.29, 1.82) is 0 Å². The number of aromatic nitrogens is 2. The third-order valence-electron chi connectivity index (χ3n) is 3.14. The molecule has 0 atom stereocenters. The predicted molar refractivity (Wildman–Crippen MR) is 68.4 cm³/mol. The van der Waals surface area contributed by atoms with Crippen molar-refractivity contribution in [3.05, 3.63) is 17.1 Å². The van der Waals surface area contributed by atoms with E-state index in [1.54, 1.807) is 0 Å². The van der Waals surface area contributed by atoms with E-state index in [1.165, 1.54) is 24.1 Å². The fourth-order valence-corrected chi connectivity index (χ4v) is 2.27. The second-order valence-electron chi connectivity index (χ2n) is 4.32. The van der Waals surface area contributed by atoms with Crippen molar-refractivity contribution in [2.45, 2.75) is 39.0 Å². The Hall–Kier alpha value is -1.16. The highest BCUT2D eigenvalue weighted by atomic mass is 16.5. The standard InChI is InChI=1S/C13H21N3O/c1-3-17-9-8-12-15-11-7-5-4-6-10(11)13(14-2)16-12/h3-9H2,1-2H3,(H,14,15,16). The predicted octanol–water partition coefficient (Wildman–Crippen LogP) is 1.98. The minimum atomic E-state index is 0.707. The van der Waals surface area contributed by atoms with Gasteiger partial charge in [-0.1, -0.05) is 0 Å². The van der Waals surface area contributed by atoms with Crippen LogP contribution in [0, 0.1) is 0 Å². The zero-order chi connectivity index (χ0) is 12.1. The van der Waals surface area contributed by atoms with Gasteiger partial charge in [0.2, 0.25) is 0 Å². The van der Waals surface area contributed by atoms with E-state index in [-0.39, 0.29) is 0 Å². The summed E-state index contributed by atoms with van der Waals surface area (Å²) in [4.78, 5) is 9.24. The van der Waals surface area contributed by atoms with Gasteiger partial charge in [-0.15, -0.1) is 0 Å². The van der Waals surface area contributed by atoms with Gasteiger partial charge < -0.3 is 10.1 Å². The number of ether oxygens (including phenoxy) is 1. The largest absolute Gasteiger partial charge is 0.381 e. The summed E-state index contributed by atoms with van der Waals surface area (Å²) in [6, 6.07) is 0.